The van der Waals surface area contributed by atoms with Crippen LogP contribution in [-0.2, 0) is 14.9 Å². The van der Waals surface area contributed by atoms with Crippen molar-refractivity contribution in [3.05, 3.63) is 29.8 Å². The highest BCUT2D eigenvalue weighted by Gasteiger charge is 2.64. The first-order valence-corrected chi connectivity index (χ1v) is 6.60. The van der Waals surface area contributed by atoms with E-state index >= 15 is 0 Å². The van der Waals surface area contributed by atoms with Crippen LogP contribution in [0.2, 0.25) is 0 Å². The normalized spacial score (nSPS) is 23.0. The van der Waals surface area contributed by atoms with Gasteiger partial charge < -0.3 is 14.6 Å². The quantitative estimate of drug-likeness (QED) is 0.904. The fraction of sp³-hybridized carbons (Fsp3) is 0.533. The highest BCUT2D eigenvalue weighted by atomic mass is 16.5. The van der Waals surface area contributed by atoms with E-state index in [9.17, 15) is 9.90 Å². The third-order valence-electron chi connectivity index (χ3n) is 4.87. The summed E-state index contributed by atoms with van der Waals surface area (Å²) >= 11 is 0. The molecule has 0 unspecified atom stereocenters. The molecule has 102 valence electrons. The summed E-state index contributed by atoms with van der Waals surface area (Å²) in [7, 11) is 1.63. The Morgan fingerprint density at radius 2 is 1.89 bits per heavy atom. The average molecular weight is 262 g/mol. The highest BCUT2D eigenvalue weighted by molar-refractivity contribution is 5.79. The molecule has 1 aliphatic heterocycles. The highest BCUT2D eigenvalue weighted by Crippen LogP contribution is 2.58. The number of hydrogen-bond acceptors (Lipinski definition) is 3. The van der Waals surface area contributed by atoms with E-state index in [4.69, 9.17) is 9.47 Å². The van der Waals surface area contributed by atoms with Gasteiger partial charge in [0, 0.05) is 0 Å². The van der Waals surface area contributed by atoms with Gasteiger partial charge in [-0.05, 0) is 30.5 Å². The SMILES string of the molecule is COc1ccc(C2(C3(C(=O)O)CCC3)COC2)cc1. The van der Waals surface area contributed by atoms with Gasteiger partial charge in [0.15, 0.2) is 0 Å². The van der Waals surface area contributed by atoms with E-state index in [1.54, 1.807) is 7.11 Å². The number of rotatable bonds is 4. The van der Waals surface area contributed by atoms with Gasteiger partial charge in [-0.15, -0.1) is 0 Å². The number of benzene rings is 1. The standard InChI is InChI=1S/C15H18O4/c1-18-12-5-3-11(4-6-12)15(9-19-10-15)14(13(16)17)7-2-8-14/h3-6H,2,7-10H2,1H3,(H,16,17). The van der Waals surface area contributed by atoms with Gasteiger partial charge in [0.2, 0.25) is 0 Å². The van der Waals surface area contributed by atoms with Crippen LogP contribution in [0.15, 0.2) is 24.3 Å². The Morgan fingerprint density at radius 3 is 2.21 bits per heavy atom. The van der Waals surface area contributed by atoms with Crippen molar-refractivity contribution in [1.82, 2.24) is 0 Å². The topological polar surface area (TPSA) is 55.8 Å². The Kier molecular flexibility index (Phi) is 2.78. The first-order valence-electron chi connectivity index (χ1n) is 6.60. The summed E-state index contributed by atoms with van der Waals surface area (Å²) in [4.78, 5) is 11.8. The molecule has 1 aliphatic carbocycles. The number of carboxylic acids is 1. The lowest BCUT2D eigenvalue weighted by Crippen LogP contribution is -2.64. The molecule has 0 spiro atoms. The predicted molar refractivity (Wildman–Crippen MR) is 69.4 cm³/mol. The third kappa shape index (κ3) is 1.53. The summed E-state index contributed by atoms with van der Waals surface area (Å²) in [5, 5.41) is 9.67. The van der Waals surface area contributed by atoms with Crippen molar-refractivity contribution in [3.8, 4) is 5.75 Å². The van der Waals surface area contributed by atoms with Crippen molar-refractivity contribution in [2.24, 2.45) is 5.41 Å². The molecule has 19 heavy (non-hydrogen) atoms. The Bertz CT molecular complexity index is 483. The maximum Gasteiger partial charge on any atom is 0.310 e. The van der Waals surface area contributed by atoms with E-state index in [0.717, 1.165) is 30.6 Å². The molecule has 1 aromatic rings. The van der Waals surface area contributed by atoms with Gasteiger partial charge in [-0.3, -0.25) is 4.79 Å². The molecular weight excluding hydrogens is 244 g/mol. The number of aliphatic carboxylic acids is 1. The molecule has 1 aromatic carbocycles. The first kappa shape index (κ1) is 12.5. The largest absolute Gasteiger partial charge is 0.497 e. The van der Waals surface area contributed by atoms with E-state index in [1.807, 2.05) is 24.3 Å². The smallest absolute Gasteiger partial charge is 0.310 e. The van der Waals surface area contributed by atoms with Gasteiger partial charge in [0.1, 0.15) is 5.75 Å². The molecule has 1 heterocycles. The van der Waals surface area contributed by atoms with Crippen LogP contribution in [0, 0.1) is 5.41 Å². The number of hydrogen-bond donors (Lipinski definition) is 1. The zero-order valence-electron chi connectivity index (χ0n) is 11.0. The number of carboxylic acid groups (broad SMARTS) is 1. The van der Waals surface area contributed by atoms with Crippen molar-refractivity contribution < 1.29 is 19.4 Å². The summed E-state index contributed by atoms with van der Waals surface area (Å²) < 4.78 is 10.5. The minimum Gasteiger partial charge on any atom is -0.497 e. The molecule has 0 radical (unpaired) electrons. The summed E-state index contributed by atoms with van der Waals surface area (Å²) in [6, 6.07) is 7.74. The second-order valence-corrected chi connectivity index (χ2v) is 5.54. The molecule has 1 saturated heterocycles. The Labute approximate surface area is 112 Å². The van der Waals surface area contributed by atoms with Gasteiger partial charge in [0.25, 0.3) is 0 Å². The molecule has 2 aliphatic rings. The van der Waals surface area contributed by atoms with Crippen LogP contribution in [0.5, 0.6) is 5.75 Å². The first-order chi connectivity index (χ1) is 9.14. The summed E-state index contributed by atoms with van der Waals surface area (Å²) in [6.07, 6.45) is 2.49. The minimum atomic E-state index is -0.683. The maximum absolute atomic E-state index is 11.8. The average Bonchev–Trinajstić information content (AvgIpc) is 2.31. The molecule has 0 atom stereocenters. The van der Waals surface area contributed by atoms with Crippen molar-refractivity contribution in [1.29, 1.82) is 0 Å². The van der Waals surface area contributed by atoms with Crippen LogP contribution in [-0.4, -0.2) is 31.4 Å². The molecule has 2 fully saturated rings. The van der Waals surface area contributed by atoms with Gasteiger partial charge in [-0.2, -0.15) is 0 Å². The molecule has 0 amide bonds. The molecule has 4 heteroatoms. The van der Waals surface area contributed by atoms with E-state index in [1.165, 1.54) is 0 Å². The van der Waals surface area contributed by atoms with Crippen LogP contribution in [0.3, 0.4) is 0 Å². The monoisotopic (exact) mass is 262 g/mol. The zero-order chi connectivity index (χ0) is 13.5. The van der Waals surface area contributed by atoms with E-state index in [0.29, 0.717) is 13.2 Å². The fourth-order valence-corrected chi connectivity index (χ4v) is 3.36. The zero-order valence-corrected chi connectivity index (χ0v) is 11.0. The minimum absolute atomic E-state index is 0.358. The molecule has 0 bridgehead atoms. The Hall–Kier alpha value is -1.55. The Morgan fingerprint density at radius 1 is 1.26 bits per heavy atom. The lowest BCUT2D eigenvalue weighted by molar-refractivity contribution is -0.192. The van der Waals surface area contributed by atoms with Gasteiger partial charge in [-0.1, -0.05) is 18.6 Å². The third-order valence-corrected chi connectivity index (χ3v) is 4.87. The summed E-state index contributed by atoms with van der Waals surface area (Å²) in [5.74, 6) is 0.106. The molecule has 0 aromatic heterocycles. The van der Waals surface area contributed by atoms with Crippen molar-refractivity contribution in [3.63, 3.8) is 0 Å². The second kappa shape index (κ2) is 4.23. The van der Waals surface area contributed by atoms with Gasteiger partial charge in [0.05, 0.1) is 31.2 Å². The number of ether oxygens (including phenoxy) is 2. The summed E-state index contributed by atoms with van der Waals surface area (Å²) in [5.41, 5.74) is 0.0603. The van der Waals surface area contributed by atoms with Crippen molar-refractivity contribution in [2.45, 2.75) is 24.7 Å². The van der Waals surface area contributed by atoms with Crippen molar-refractivity contribution in [2.75, 3.05) is 20.3 Å². The summed E-state index contributed by atoms with van der Waals surface area (Å²) in [6.45, 7) is 1.01. The molecule has 1 saturated carbocycles. The van der Waals surface area contributed by atoms with E-state index in [-0.39, 0.29) is 5.41 Å². The Balaban J connectivity index is 2.00. The molecular formula is C15H18O4. The van der Waals surface area contributed by atoms with Crippen LogP contribution in [0.4, 0.5) is 0 Å². The van der Waals surface area contributed by atoms with Crippen LogP contribution in [0.1, 0.15) is 24.8 Å². The van der Waals surface area contributed by atoms with Crippen LogP contribution >= 0.6 is 0 Å². The fourth-order valence-electron chi connectivity index (χ4n) is 3.36. The van der Waals surface area contributed by atoms with Crippen molar-refractivity contribution >= 4 is 5.97 Å². The van der Waals surface area contributed by atoms with Gasteiger partial charge >= 0.3 is 5.97 Å². The van der Waals surface area contributed by atoms with Crippen LogP contribution < -0.4 is 4.74 Å². The second-order valence-electron chi connectivity index (χ2n) is 5.54. The van der Waals surface area contributed by atoms with E-state index in [2.05, 4.69) is 0 Å². The van der Waals surface area contributed by atoms with E-state index < -0.39 is 11.4 Å². The molecule has 3 rings (SSSR count). The lowest BCUT2D eigenvalue weighted by atomic mass is 9.50. The number of methoxy groups -OCH3 is 1. The predicted octanol–water partition coefficient (Wildman–Crippen LogP) is 2.22. The molecule has 4 nitrogen and oxygen atoms in total. The number of carbonyl (C=O) groups is 1. The lowest BCUT2D eigenvalue weighted by Gasteiger charge is -2.57. The van der Waals surface area contributed by atoms with Crippen LogP contribution in [0.25, 0.3) is 0 Å². The van der Waals surface area contributed by atoms with Gasteiger partial charge in [-0.25, -0.2) is 0 Å². The molecule has 1 N–H and O–H groups in total. The maximum atomic E-state index is 11.8.